The van der Waals surface area contributed by atoms with E-state index in [0.717, 1.165) is 17.7 Å². The van der Waals surface area contributed by atoms with Crippen LogP contribution in [0.15, 0.2) is 42.0 Å². The van der Waals surface area contributed by atoms with Gasteiger partial charge in [-0.1, -0.05) is 19.9 Å². The number of nitrogens with zero attached hydrogens (tertiary/aromatic N) is 2. The summed E-state index contributed by atoms with van der Waals surface area (Å²) in [5, 5.41) is 11.5. The molecule has 2 heterocycles. The van der Waals surface area contributed by atoms with Gasteiger partial charge in [-0.2, -0.15) is 0 Å². The summed E-state index contributed by atoms with van der Waals surface area (Å²) in [7, 11) is 5.38. The van der Waals surface area contributed by atoms with Crippen LogP contribution in [0.25, 0.3) is 5.76 Å². The fourth-order valence-electron chi connectivity index (χ4n) is 4.87. The third-order valence-corrected chi connectivity index (χ3v) is 6.95. The van der Waals surface area contributed by atoms with Crippen LogP contribution in [-0.4, -0.2) is 73.6 Å². The van der Waals surface area contributed by atoms with E-state index in [2.05, 4.69) is 13.8 Å². The molecule has 2 aliphatic rings. The summed E-state index contributed by atoms with van der Waals surface area (Å²) in [5.41, 5.74) is 2.18. The van der Waals surface area contributed by atoms with E-state index in [-0.39, 0.29) is 17.4 Å². The highest BCUT2D eigenvalue weighted by atomic mass is 16.5. The van der Waals surface area contributed by atoms with Gasteiger partial charge in [0.2, 0.25) is 0 Å². The zero-order chi connectivity index (χ0) is 27.6. The molecule has 2 aromatic carbocycles. The second kappa shape index (κ2) is 11.5. The van der Waals surface area contributed by atoms with Gasteiger partial charge in [-0.25, -0.2) is 0 Å². The molecule has 1 fully saturated rings. The average Bonchev–Trinajstić information content (AvgIpc) is 3.37. The van der Waals surface area contributed by atoms with E-state index in [0.29, 0.717) is 54.7 Å². The molecule has 8 heteroatoms. The normalized spacial score (nSPS) is 20.3. The van der Waals surface area contributed by atoms with E-state index in [1.165, 1.54) is 4.90 Å². The molecule has 1 N–H and O–H groups in total. The molecule has 0 spiro atoms. The lowest BCUT2D eigenvalue weighted by Gasteiger charge is -2.27. The summed E-state index contributed by atoms with van der Waals surface area (Å²) in [6, 6.07) is 10.0. The molecule has 0 aromatic heterocycles. The van der Waals surface area contributed by atoms with Crippen molar-refractivity contribution in [3.63, 3.8) is 0 Å². The Labute approximate surface area is 224 Å². The average molecular weight is 523 g/mol. The maximum atomic E-state index is 13.4. The molecule has 4 rings (SSSR count). The Kier molecular flexibility index (Phi) is 8.31. The molecular weight excluding hydrogens is 484 g/mol. The van der Waals surface area contributed by atoms with E-state index in [9.17, 15) is 14.7 Å². The molecule has 2 atom stereocenters. The molecule has 204 valence electrons. The van der Waals surface area contributed by atoms with E-state index in [1.807, 2.05) is 38.1 Å². The Morgan fingerprint density at radius 2 is 1.92 bits per heavy atom. The van der Waals surface area contributed by atoms with Gasteiger partial charge in [0.05, 0.1) is 25.3 Å². The van der Waals surface area contributed by atoms with E-state index < -0.39 is 17.7 Å². The van der Waals surface area contributed by atoms with Gasteiger partial charge in [-0.15, -0.1) is 0 Å². The zero-order valence-corrected chi connectivity index (χ0v) is 23.1. The third kappa shape index (κ3) is 5.65. The quantitative estimate of drug-likeness (QED) is 0.281. The molecule has 8 nitrogen and oxygen atoms in total. The van der Waals surface area contributed by atoms with Crippen molar-refractivity contribution in [1.82, 2.24) is 9.80 Å². The van der Waals surface area contributed by atoms with Crippen LogP contribution in [0.3, 0.4) is 0 Å². The van der Waals surface area contributed by atoms with Gasteiger partial charge < -0.3 is 29.1 Å². The van der Waals surface area contributed by atoms with Gasteiger partial charge in [-0.05, 0) is 74.8 Å². The van der Waals surface area contributed by atoms with Crippen molar-refractivity contribution in [2.24, 2.45) is 5.92 Å². The van der Waals surface area contributed by atoms with Gasteiger partial charge in [0.1, 0.15) is 17.6 Å². The van der Waals surface area contributed by atoms with Crippen molar-refractivity contribution in [3.8, 4) is 17.2 Å². The fraction of sp³-hybridized carbons (Fsp3) is 0.467. The molecule has 0 saturated carbocycles. The number of ether oxygens (including phenoxy) is 3. The minimum atomic E-state index is -0.767. The predicted octanol–water partition coefficient (Wildman–Crippen LogP) is 4.43. The number of amides is 1. The lowest BCUT2D eigenvalue weighted by atomic mass is 9.94. The van der Waals surface area contributed by atoms with E-state index in [1.54, 1.807) is 31.4 Å². The topological polar surface area (TPSA) is 88.5 Å². The fourth-order valence-corrected chi connectivity index (χ4v) is 4.87. The van der Waals surface area contributed by atoms with Crippen molar-refractivity contribution in [2.45, 2.75) is 45.8 Å². The van der Waals surface area contributed by atoms with Crippen molar-refractivity contribution in [3.05, 3.63) is 58.7 Å². The Morgan fingerprint density at radius 1 is 1.16 bits per heavy atom. The standard InChI is InChI=1S/C30H38N2O6/c1-18(2)11-14-37-24-10-7-20(17-25(24)36-6)27-26(29(34)30(35)32(27)13-12-31(4)5)28(33)21-8-9-23-22(16-21)15-19(3)38-23/h7-10,16-19,27,33H,11-15H2,1-6H3/b28-26-. The summed E-state index contributed by atoms with van der Waals surface area (Å²) in [5.74, 6) is 0.850. The number of Topliss-reactive ketones (excluding diaryl/α,β-unsaturated/α-hetero) is 1. The molecule has 1 amide bonds. The van der Waals surface area contributed by atoms with Crippen molar-refractivity contribution >= 4 is 17.4 Å². The summed E-state index contributed by atoms with van der Waals surface area (Å²) >= 11 is 0. The van der Waals surface area contributed by atoms with Crippen LogP contribution in [0.1, 0.15) is 49.9 Å². The van der Waals surface area contributed by atoms with Gasteiger partial charge in [0.15, 0.2) is 11.5 Å². The maximum Gasteiger partial charge on any atom is 0.295 e. The highest BCUT2D eigenvalue weighted by Gasteiger charge is 2.46. The van der Waals surface area contributed by atoms with Crippen LogP contribution in [0.2, 0.25) is 0 Å². The van der Waals surface area contributed by atoms with Crippen LogP contribution in [0, 0.1) is 5.92 Å². The Bertz CT molecular complexity index is 1240. The summed E-state index contributed by atoms with van der Waals surface area (Å²) in [6.07, 6.45) is 1.67. The number of carbonyl (C=O) groups is 2. The summed E-state index contributed by atoms with van der Waals surface area (Å²) < 4.78 is 17.4. The third-order valence-electron chi connectivity index (χ3n) is 6.95. The van der Waals surface area contributed by atoms with Crippen LogP contribution < -0.4 is 14.2 Å². The van der Waals surface area contributed by atoms with Gasteiger partial charge in [-0.3, -0.25) is 9.59 Å². The number of likely N-dealkylation sites (N-methyl/N-ethyl adjacent to an activating group) is 1. The number of carbonyl (C=O) groups excluding carboxylic acids is 2. The summed E-state index contributed by atoms with van der Waals surface area (Å²) in [4.78, 5) is 30.1. The zero-order valence-electron chi connectivity index (χ0n) is 23.1. The van der Waals surface area contributed by atoms with Crippen LogP contribution >= 0.6 is 0 Å². The number of hydrogen-bond donors (Lipinski definition) is 1. The number of rotatable bonds is 10. The highest BCUT2D eigenvalue weighted by molar-refractivity contribution is 6.46. The first kappa shape index (κ1) is 27.5. The van der Waals surface area contributed by atoms with Crippen molar-refractivity contribution < 1.29 is 28.9 Å². The second-order valence-electron chi connectivity index (χ2n) is 10.7. The molecule has 0 radical (unpaired) electrons. The lowest BCUT2D eigenvalue weighted by Crippen LogP contribution is -2.35. The van der Waals surface area contributed by atoms with Crippen molar-refractivity contribution in [2.75, 3.05) is 40.9 Å². The predicted molar refractivity (Wildman–Crippen MR) is 146 cm³/mol. The Morgan fingerprint density at radius 3 is 2.61 bits per heavy atom. The second-order valence-corrected chi connectivity index (χ2v) is 10.7. The number of aliphatic hydroxyl groups is 1. The van der Waals surface area contributed by atoms with Crippen LogP contribution in [0.4, 0.5) is 0 Å². The molecule has 0 bridgehead atoms. The number of aliphatic hydroxyl groups excluding tert-OH is 1. The smallest absolute Gasteiger partial charge is 0.295 e. The monoisotopic (exact) mass is 522 g/mol. The molecule has 1 saturated heterocycles. The molecule has 2 unspecified atom stereocenters. The first-order chi connectivity index (χ1) is 18.1. The van der Waals surface area contributed by atoms with E-state index in [4.69, 9.17) is 14.2 Å². The van der Waals surface area contributed by atoms with E-state index >= 15 is 0 Å². The van der Waals surface area contributed by atoms with Crippen LogP contribution in [-0.2, 0) is 16.0 Å². The van der Waals surface area contributed by atoms with Crippen molar-refractivity contribution in [1.29, 1.82) is 0 Å². The first-order valence-corrected chi connectivity index (χ1v) is 13.1. The minimum absolute atomic E-state index is 0.0488. The number of fused-ring (bicyclic) bond motifs is 1. The largest absolute Gasteiger partial charge is 0.507 e. The molecule has 0 aliphatic carbocycles. The molecule has 38 heavy (non-hydrogen) atoms. The Hall–Kier alpha value is -3.52. The molecule has 2 aliphatic heterocycles. The van der Waals surface area contributed by atoms with Crippen LogP contribution in [0.5, 0.6) is 17.2 Å². The number of benzene rings is 2. The lowest BCUT2D eigenvalue weighted by molar-refractivity contribution is -0.140. The van der Waals surface area contributed by atoms with Gasteiger partial charge in [0, 0.05) is 25.1 Å². The number of ketones is 1. The highest BCUT2D eigenvalue weighted by Crippen LogP contribution is 2.42. The number of methoxy groups -OCH3 is 1. The number of likely N-dealkylation sites (tertiary alicyclic amines) is 1. The van der Waals surface area contributed by atoms with Gasteiger partial charge >= 0.3 is 0 Å². The SMILES string of the molecule is COc1cc(C2/C(=C(/O)c3ccc4c(c3)CC(C)O4)C(=O)C(=O)N2CCN(C)C)ccc1OCCC(C)C. The van der Waals surface area contributed by atoms with Gasteiger partial charge in [0.25, 0.3) is 11.7 Å². The summed E-state index contributed by atoms with van der Waals surface area (Å²) in [6.45, 7) is 7.69. The maximum absolute atomic E-state index is 13.4. The Balaban J connectivity index is 1.77. The molecule has 2 aromatic rings. The first-order valence-electron chi connectivity index (χ1n) is 13.1. The number of hydrogen-bond acceptors (Lipinski definition) is 7. The molecular formula is C30H38N2O6. The minimum Gasteiger partial charge on any atom is -0.507 e.